The summed E-state index contributed by atoms with van der Waals surface area (Å²) in [6.07, 6.45) is 1.15. The van der Waals surface area contributed by atoms with Crippen molar-refractivity contribution in [3.05, 3.63) is 27.7 Å². The molecule has 2 nitrogen and oxygen atoms in total. The summed E-state index contributed by atoms with van der Waals surface area (Å²) in [6, 6.07) is 7.11. The molecule has 1 aliphatic heterocycles. The zero-order valence-corrected chi connectivity index (χ0v) is 14.1. The van der Waals surface area contributed by atoms with Crippen LogP contribution in [0.2, 0.25) is 5.02 Å². The molecule has 1 heterocycles. The van der Waals surface area contributed by atoms with Gasteiger partial charge in [-0.2, -0.15) is 0 Å². The van der Waals surface area contributed by atoms with Crippen molar-refractivity contribution in [3.8, 4) is 0 Å². The summed E-state index contributed by atoms with van der Waals surface area (Å²) < 4.78 is 1.12. The molecule has 0 aromatic heterocycles. The van der Waals surface area contributed by atoms with Crippen molar-refractivity contribution in [3.63, 3.8) is 0 Å². The molecule has 1 aliphatic rings. The lowest BCUT2D eigenvalue weighted by molar-refractivity contribution is 0.333. The van der Waals surface area contributed by atoms with Gasteiger partial charge in [0, 0.05) is 34.7 Å². The third-order valence-corrected chi connectivity index (χ3v) is 4.82. The molecule has 106 valence electrons. The molecule has 0 radical (unpaired) electrons. The van der Waals surface area contributed by atoms with Crippen LogP contribution in [-0.2, 0) is 0 Å². The third-order valence-electron chi connectivity index (χ3n) is 3.91. The summed E-state index contributed by atoms with van der Waals surface area (Å²) in [7, 11) is 0. The Morgan fingerprint density at radius 1 is 1.47 bits per heavy atom. The van der Waals surface area contributed by atoms with E-state index in [-0.39, 0.29) is 0 Å². The van der Waals surface area contributed by atoms with Gasteiger partial charge in [0.1, 0.15) is 0 Å². The van der Waals surface area contributed by atoms with Crippen molar-refractivity contribution in [2.45, 2.75) is 39.3 Å². The van der Waals surface area contributed by atoms with E-state index in [1.54, 1.807) is 0 Å². The highest BCUT2D eigenvalue weighted by Crippen LogP contribution is 2.33. The molecule has 19 heavy (non-hydrogen) atoms. The van der Waals surface area contributed by atoms with Crippen LogP contribution in [0.25, 0.3) is 0 Å². The van der Waals surface area contributed by atoms with Crippen molar-refractivity contribution < 1.29 is 0 Å². The van der Waals surface area contributed by atoms with E-state index < -0.39 is 0 Å². The lowest BCUT2D eigenvalue weighted by Crippen LogP contribution is -2.58. The van der Waals surface area contributed by atoms with Gasteiger partial charge in [-0.15, -0.1) is 0 Å². The van der Waals surface area contributed by atoms with Crippen LogP contribution in [0, 0.1) is 5.92 Å². The lowest BCUT2D eigenvalue weighted by atomic mass is 9.97. The highest BCUT2D eigenvalue weighted by atomic mass is 79.9. The molecular weight excluding hydrogens is 324 g/mol. The maximum atomic E-state index is 6.17. The average molecular weight is 346 g/mol. The van der Waals surface area contributed by atoms with Crippen LogP contribution in [0.3, 0.4) is 0 Å². The molecule has 0 aliphatic carbocycles. The van der Waals surface area contributed by atoms with E-state index in [1.165, 1.54) is 5.69 Å². The van der Waals surface area contributed by atoms with Crippen LogP contribution in [0.15, 0.2) is 22.7 Å². The van der Waals surface area contributed by atoms with E-state index in [0.717, 1.165) is 29.0 Å². The van der Waals surface area contributed by atoms with Gasteiger partial charge < -0.3 is 10.2 Å². The minimum absolute atomic E-state index is 0.512. The Kier molecular flexibility index (Phi) is 5.15. The largest absolute Gasteiger partial charge is 0.364 e. The van der Waals surface area contributed by atoms with Gasteiger partial charge in [0.2, 0.25) is 0 Å². The third kappa shape index (κ3) is 3.45. The molecular formula is C15H22BrClN2. The van der Waals surface area contributed by atoms with E-state index in [0.29, 0.717) is 18.0 Å². The van der Waals surface area contributed by atoms with Crippen LogP contribution in [0.4, 0.5) is 5.69 Å². The molecule has 0 amide bonds. The van der Waals surface area contributed by atoms with Crippen LogP contribution >= 0.6 is 27.5 Å². The first-order chi connectivity index (χ1) is 9.02. The molecule has 0 spiro atoms. The maximum Gasteiger partial charge on any atom is 0.0529 e. The minimum atomic E-state index is 0.512. The van der Waals surface area contributed by atoms with Gasteiger partial charge in [0.05, 0.1) is 5.69 Å². The Hall–Kier alpha value is -0.250. The smallest absolute Gasteiger partial charge is 0.0529 e. The number of piperazine rings is 1. The average Bonchev–Trinajstić information content (AvgIpc) is 2.40. The summed E-state index contributed by atoms with van der Waals surface area (Å²) in [6.45, 7) is 8.88. The summed E-state index contributed by atoms with van der Waals surface area (Å²) in [4.78, 5) is 2.51. The minimum Gasteiger partial charge on any atom is -0.364 e. The summed E-state index contributed by atoms with van der Waals surface area (Å²) in [5.41, 5.74) is 1.21. The number of anilines is 1. The molecule has 2 unspecified atom stereocenters. The Labute approximate surface area is 129 Å². The quantitative estimate of drug-likeness (QED) is 0.878. The Balaban J connectivity index is 2.33. The van der Waals surface area contributed by atoms with Crippen molar-refractivity contribution in [2.75, 3.05) is 18.0 Å². The van der Waals surface area contributed by atoms with E-state index in [2.05, 4.69) is 53.0 Å². The van der Waals surface area contributed by atoms with Gasteiger partial charge >= 0.3 is 0 Å². The summed E-state index contributed by atoms with van der Waals surface area (Å²) >= 11 is 9.83. The van der Waals surface area contributed by atoms with Gasteiger partial charge in [0.15, 0.2) is 0 Å². The van der Waals surface area contributed by atoms with Gasteiger partial charge in [-0.1, -0.05) is 32.4 Å². The van der Waals surface area contributed by atoms with Gasteiger partial charge in [-0.25, -0.2) is 0 Å². The molecule has 0 saturated carbocycles. The van der Waals surface area contributed by atoms with E-state index in [1.807, 2.05) is 12.1 Å². The first-order valence-electron chi connectivity index (χ1n) is 6.98. The molecule has 0 bridgehead atoms. The topological polar surface area (TPSA) is 15.3 Å². The fourth-order valence-electron chi connectivity index (χ4n) is 2.69. The fraction of sp³-hybridized carbons (Fsp3) is 0.600. The van der Waals surface area contributed by atoms with Gasteiger partial charge in [0.25, 0.3) is 0 Å². The second kappa shape index (κ2) is 6.47. The molecule has 1 aromatic carbocycles. The first-order valence-corrected chi connectivity index (χ1v) is 8.15. The van der Waals surface area contributed by atoms with E-state index in [9.17, 15) is 0 Å². The first kappa shape index (κ1) is 15.1. The van der Waals surface area contributed by atoms with Crippen molar-refractivity contribution in [2.24, 2.45) is 5.92 Å². The predicted molar refractivity (Wildman–Crippen MR) is 87.2 cm³/mol. The molecule has 1 saturated heterocycles. The normalized spacial score (nSPS) is 24.0. The second-order valence-corrected chi connectivity index (χ2v) is 6.86. The molecule has 4 heteroatoms. The monoisotopic (exact) mass is 344 g/mol. The number of halogens is 2. The zero-order chi connectivity index (χ0) is 14.0. The maximum absolute atomic E-state index is 6.17. The van der Waals surface area contributed by atoms with Crippen LogP contribution in [-0.4, -0.2) is 25.2 Å². The molecule has 1 aromatic rings. The Morgan fingerprint density at radius 3 is 2.84 bits per heavy atom. The molecule has 2 rings (SSSR count). The predicted octanol–water partition coefficient (Wildman–Crippen LogP) is 4.32. The lowest BCUT2D eigenvalue weighted by Gasteiger charge is -2.44. The number of nitrogens with zero attached hydrogens (tertiary/aromatic N) is 1. The van der Waals surface area contributed by atoms with Crippen molar-refractivity contribution >= 4 is 33.2 Å². The van der Waals surface area contributed by atoms with Crippen LogP contribution in [0.5, 0.6) is 0 Å². The number of nitrogens with one attached hydrogen (secondary N) is 1. The fourth-order valence-corrected chi connectivity index (χ4v) is 3.33. The summed E-state index contributed by atoms with van der Waals surface area (Å²) in [5.74, 6) is 0.608. The molecule has 2 atom stereocenters. The highest BCUT2D eigenvalue weighted by molar-refractivity contribution is 9.10. The van der Waals surface area contributed by atoms with E-state index in [4.69, 9.17) is 11.6 Å². The Bertz CT molecular complexity index is 436. The second-order valence-electron chi connectivity index (χ2n) is 5.57. The summed E-state index contributed by atoms with van der Waals surface area (Å²) in [5, 5.41) is 4.44. The number of benzene rings is 1. The van der Waals surface area contributed by atoms with Crippen LogP contribution < -0.4 is 10.2 Å². The SMILES string of the molecule is CCC1CN(c2cc(Cl)ccc2Br)C(C(C)C)CN1. The Morgan fingerprint density at radius 2 is 2.21 bits per heavy atom. The molecule has 1 fully saturated rings. The highest BCUT2D eigenvalue weighted by Gasteiger charge is 2.30. The van der Waals surface area contributed by atoms with Crippen molar-refractivity contribution in [1.82, 2.24) is 5.32 Å². The number of rotatable bonds is 3. The number of hydrogen-bond acceptors (Lipinski definition) is 2. The van der Waals surface area contributed by atoms with E-state index >= 15 is 0 Å². The standard InChI is InChI=1S/C15H22BrClN2/c1-4-12-9-19(15(8-18-12)10(2)3)14-7-11(17)5-6-13(14)16/h5-7,10,12,15,18H,4,8-9H2,1-3H3. The van der Waals surface area contributed by atoms with Crippen molar-refractivity contribution in [1.29, 1.82) is 0 Å². The van der Waals surface area contributed by atoms with Gasteiger partial charge in [-0.05, 0) is 46.5 Å². The zero-order valence-electron chi connectivity index (χ0n) is 11.8. The molecule has 1 N–H and O–H groups in total. The van der Waals surface area contributed by atoms with Gasteiger partial charge in [-0.3, -0.25) is 0 Å². The number of hydrogen-bond donors (Lipinski definition) is 1. The van der Waals surface area contributed by atoms with Crippen LogP contribution in [0.1, 0.15) is 27.2 Å².